The molecule has 1 unspecified atom stereocenters. The molecule has 0 heterocycles. The average molecular weight is 543 g/mol. The Morgan fingerprint density at radius 2 is 1.32 bits per heavy atom. The molecule has 0 saturated carbocycles. The van der Waals surface area contributed by atoms with Crippen LogP contribution in [0.2, 0.25) is 0 Å². The normalized spacial score (nSPS) is 14.7. The first-order valence-corrected chi connectivity index (χ1v) is 14.9. The second-order valence-corrected chi connectivity index (χ2v) is 13.2. The van der Waals surface area contributed by atoms with Crippen LogP contribution in [0.25, 0.3) is 0 Å². The summed E-state index contributed by atoms with van der Waals surface area (Å²) in [5.74, 6) is -1.92. The number of carboxylic acids is 1. The minimum Gasteiger partial charge on any atom is -0.480 e. The zero-order chi connectivity index (χ0) is 28.7. The van der Waals surface area contributed by atoms with Crippen LogP contribution in [0.3, 0.4) is 0 Å². The molecule has 0 aliphatic rings. The van der Waals surface area contributed by atoms with Gasteiger partial charge in [-0.2, -0.15) is 0 Å². The van der Waals surface area contributed by atoms with Crippen LogP contribution >= 0.6 is 7.60 Å². The molecule has 0 amide bonds. The molecule has 1 N–H and O–H groups in total. The van der Waals surface area contributed by atoms with Gasteiger partial charge in [0.15, 0.2) is 0 Å². The van der Waals surface area contributed by atoms with Crippen molar-refractivity contribution in [3.8, 4) is 0 Å². The fourth-order valence-corrected chi connectivity index (χ4v) is 5.82. The van der Waals surface area contributed by atoms with E-state index in [0.29, 0.717) is 12.8 Å². The highest BCUT2D eigenvalue weighted by atomic mass is 31.2. The Kier molecular flexibility index (Phi) is 16.2. The summed E-state index contributed by atoms with van der Waals surface area (Å²) >= 11 is 0. The van der Waals surface area contributed by atoms with Gasteiger partial charge in [0.1, 0.15) is 6.61 Å². The first-order chi connectivity index (χ1) is 17.1. The monoisotopic (exact) mass is 542 g/mol. The summed E-state index contributed by atoms with van der Waals surface area (Å²) in [7, 11) is -4.14. The highest BCUT2D eigenvalue weighted by Gasteiger charge is 2.58. The van der Waals surface area contributed by atoms with Gasteiger partial charge < -0.3 is 18.9 Å². The third-order valence-corrected chi connectivity index (χ3v) is 8.77. The zero-order valence-electron chi connectivity index (χ0n) is 24.6. The fraction of sp³-hybridized carbons (Fsp3) is 0.724. The second-order valence-electron chi connectivity index (χ2n) is 10.8. The Bertz CT molecular complexity index is 850. The van der Waals surface area contributed by atoms with E-state index in [1.165, 1.54) is 16.7 Å². The number of rotatable bonds is 18. The average Bonchev–Trinajstić information content (AvgIpc) is 2.77. The van der Waals surface area contributed by atoms with E-state index in [4.69, 9.17) is 13.8 Å². The van der Waals surface area contributed by atoms with Gasteiger partial charge in [0.05, 0.1) is 18.6 Å². The van der Waals surface area contributed by atoms with Crippen molar-refractivity contribution in [2.75, 3.05) is 19.8 Å². The van der Waals surface area contributed by atoms with Crippen molar-refractivity contribution < 1.29 is 33.0 Å². The molecule has 8 heteroatoms. The molecule has 0 aliphatic heterocycles. The van der Waals surface area contributed by atoms with Crippen LogP contribution in [0.4, 0.5) is 0 Å². The molecular weight excluding hydrogens is 491 g/mol. The number of carbonyl (C=O) groups is 2. The highest BCUT2D eigenvalue weighted by Crippen LogP contribution is 2.62. The lowest BCUT2D eigenvalue weighted by atomic mass is 9.97. The largest absolute Gasteiger partial charge is 0.480 e. The minimum atomic E-state index is -4.14. The van der Waals surface area contributed by atoms with Crippen LogP contribution in [0.15, 0.2) is 34.9 Å². The SMILES string of the molecule is CCOP(=O)(OCC)C(CCCC=C(C)CCC=C(C)CCC=C(C)C)(COC(=O)C(C)(C)C)C(=O)O. The molecule has 0 rings (SSSR count). The molecule has 0 radical (unpaired) electrons. The number of hydrogen-bond acceptors (Lipinski definition) is 6. The first-order valence-electron chi connectivity index (χ1n) is 13.4. The topological polar surface area (TPSA) is 99.1 Å². The Hall–Kier alpha value is -1.69. The lowest BCUT2D eigenvalue weighted by Crippen LogP contribution is -2.46. The summed E-state index contributed by atoms with van der Waals surface area (Å²) in [6, 6.07) is 0. The van der Waals surface area contributed by atoms with Crippen molar-refractivity contribution in [1.82, 2.24) is 0 Å². The summed E-state index contributed by atoms with van der Waals surface area (Å²) in [5, 5.41) is 8.27. The predicted octanol–water partition coefficient (Wildman–Crippen LogP) is 8.25. The van der Waals surface area contributed by atoms with Crippen molar-refractivity contribution in [1.29, 1.82) is 0 Å². The van der Waals surface area contributed by atoms with E-state index >= 15 is 0 Å². The van der Waals surface area contributed by atoms with Gasteiger partial charge in [0.25, 0.3) is 0 Å². The predicted molar refractivity (Wildman–Crippen MR) is 151 cm³/mol. The fourth-order valence-electron chi connectivity index (χ4n) is 3.68. The Balaban J connectivity index is 5.44. The number of allylic oxidation sites excluding steroid dienone is 6. The number of ether oxygens (including phenoxy) is 1. The number of hydrogen-bond donors (Lipinski definition) is 1. The third kappa shape index (κ3) is 12.6. The van der Waals surface area contributed by atoms with Crippen LogP contribution in [0.5, 0.6) is 0 Å². The maximum atomic E-state index is 13.7. The van der Waals surface area contributed by atoms with E-state index in [9.17, 15) is 19.3 Å². The van der Waals surface area contributed by atoms with Gasteiger partial charge in [-0.1, -0.05) is 34.9 Å². The lowest BCUT2D eigenvalue weighted by Gasteiger charge is -2.35. The van der Waals surface area contributed by atoms with E-state index in [-0.39, 0.29) is 19.6 Å². The molecule has 0 aromatic carbocycles. The van der Waals surface area contributed by atoms with Gasteiger partial charge in [-0.25, -0.2) is 0 Å². The molecule has 1 atom stereocenters. The summed E-state index contributed by atoms with van der Waals surface area (Å²) in [4.78, 5) is 25.0. The maximum absolute atomic E-state index is 13.7. The Labute approximate surface area is 225 Å². The smallest absolute Gasteiger partial charge is 0.351 e. The molecule has 0 fully saturated rings. The maximum Gasteiger partial charge on any atom is 0.351 e. The van der Waals surface area contributed by atoms with E-state index in [1.807, 2.05) is 0 Å². The van der Waals surface area contributed by atoms with Crippen molar-refractivity contribution in [3.05, 3.63) is 34.9 Å². The number of carbonyl (C=O) groups excluding carboxylic acids is 1. The molecule has 0 aliphatic carbocycles. The van der Waals surface area contributed by atoms with Gasteiger partial charge in [-0.3, -0.25) is 14.2 Å². The van der Waals surface area contributed by atoms with Crippen molar-refractivity contribution in [2.45, 2.75) is 112 Å². The van der Waals surface area contributed by atoms with Crippen molar-refractivity contribution in [3.63, 3.8) is 0 Å². The quantitative estimate of drug-likeness (QED) is 0.0805. The third-order valence-electron chi connectivity index (χ3n) is 5.98. The minimum absolute atomic E-state index is 0.00973. The lowest BCUT2D eigenvalue weighted by molar-refractivity contribution is -0.157. The van der Waals surface area contributed by atoms with E-state index < -0.39 is 36.7 Å². The summed E-state index contributed by atoms with van der Waals surface area (Å²) in [6.45, 7) is 16.2. The summed E-state index contributed by atoms with van der Waals surface area (Å²) in [5.41, 5.74) is 3.10. The molecule has 0 aromatic rings. The van der Waals surface area contributed by atoms with Gasteiger partial charge in [-0.05, 0) is 107 Å². The highest BCUT2D eigenvalue weighted by molar-refractivity contribution is 7.56. The van der Waals surface area contributed by atoms with E-state index in [0.717, 1.165) is 25.7 Å². The van der Waals surface area contributed by atoms with Crippen LogP contribution in [0.1, 0.15) is 107 Å². The van der Waals surface area contributed by atoms with Crippen LogP contribution in [0, 0.1) is 5.41 Å². The molecule has 37 heavy (non-hydrogen) atoms. The number of esters is 1. The van der Waals surface area contributed by atoms with E-state index in [1.54, 1.807) is 34.6 Å². The summed E-state index contributed by atoms with van der Waals surface area (Å²) < 4.78 is 30.0. The zero-order valence-corrected chi connectivity index (χ0v) is 25.5. The van der Waals surface area contributed by atoms with Crippen LogP contribution < -0.4 is 0 Å². The Morgan fingerprint density at radius 3 is 1.76 bits per heavy atom. The number of aliphatic carboxylic acids is 1. The molecule has 0 bridgehead atoms. The number of unbranched alkanes of at least 4 members (excludes halogenated alkanes) is 1. The molecule has 0 spiro atoms. The van der Waals surface area contributed by atoms with Gasteiger partial charge >= 0.3 is 19.5 Å². The van der Waals surface area contributed by atoms with E-state index in [2.05, 4.69) is 45.9 Å². The molecule has 0 aromatic heterocycles. The van der Waals surface area contributed by atoms with Crippen LogP contribution in [-0.2, 0) is 27.9 Å². The number of carboxylic acid groups (broad SMARTS) is 1. The standard InChI is InChI=1S/C29H51O7P/c1-10-35-37(33,36-11-2)29(26(30)31,22-34-27(32)28(7,8)9)21-13-12-17-24(5)19-15-20-25(6)18-14-16-23(3)4/h16-17,20H,10-15,18-19,21-22H2,1-9H3,(H,30,31). The molecular formula is C29H51O7P. The van der Waals surface area contributed by atoms with Crippen LogP contribution in [-0.4, -0.2) is 42.0 Å². The Morgan fingerprint density at radius 1 is 0.838 bits per heavy atom. The van der Waals surface area contributed by atoms with Crippen molar-refractivity contribution >= 4 is 19.5 Å². The van der Waals surface area contributed by atoms with Gasteiger partial charge in [-0.15, -0.1) is 0 Å². The van der Waals surface area contributed by atoms with Crippen molar-refractivity contribution in [2.24, 2.45) is 5.41 Å². The first kappa shape index (κ1) is 35.3. The molecule has 7 nitrogen and oxygen atoms in total. The second kappa shape index (κ2) is 17.0. The molecule has 214 valence electrons. The molecule has 0 saturated heterocycles. The summed E-state index contributed by atoms with van der Waals surface area (Å²) in [6.07, 6.45) is 11.6. The van der Waals surface area contributed by atoms with Gasteiger partial charge in [0, 0.05) is 0 Å². The van der Waals surface area contributed by atoms with Gasteiger partial charge in [0.2, 0.25) is 5.16 Å².